The van der Waals surface area contributed by atoms with Gasteiger partial charge in [-0.2, -0.15) is 5.10 Å². The molecule has 4 aromatic rings. The zero-order valence-electron chi connectivity index (χ0n) is 19.5. The molecule has 1 aromatic carbocycles. The van der Waals surface area contributed by atoms with Crippen LogP contribution in [0.3, 0.4) is 0 Å². The van der Waals surface area contributed by atoms with Gasteiger partial charge in [0.2, 0.25) is 0 Å². The lowest BCUT2D eigenvalue weighted by atomic mass is 9.93. The molecule has 7 nitrogen and oxygen atoms in total. The maximum Gasteiger partial charge on any atom is 0.262 e. The molecule has 33 heavy (non-hydrogen) atoms. The van der Waals surface area contributed by atoms with Crippen LogP contribution < -0.4 is 15.6 Å². The smallest absolute Gasteiger partial charge is 0.262 e. The lowest BCUT2D eigenvalue weighted by Crippen LogP contribution is -2.34. The minimum absolute atomic E-state index is 0.0494. The van der Waals surface area contributed by atoms with Gasteiger partial charge in [0.25, 0.3) is 5.56 Å². The number of ether oxygens (including phenoxy) is 1. The SMILES string of the molecule is COc1cccc(Cn2cnc3sc4c(c3c2=O)CCC(NCc2c(C)nn(C)c2C)C4)c1. The van der Waals surface area contributed by atoms with Gasteiger partial charge in [0.15, 0.2) is 0 Å². The molecule has 5 rings (SSSR count). The molecule has 1 aliphatic carbocycles. The topological polar surface area (TPSA) is 74.0 Å². The van der Waals surface area contributed by atoms with Gasteiger partial charge >= 0.3 is 0 Å². The van der Waals surface area contributed by atoms with Gasteiger partial charge in [0, 0.05) is 35.8 Å². The van der Waals surface area contributed by atoms with Gasteiger partial charge < -0.3 is 10.1 Å². The number of nitrogens with zero attached hydrogens (tertiary/aromatic N) is 4. The fourth-order valence-electron chi connectivity index (χ4n) is 4.78. The molecule has 1 unspecified atom stereocenters. The Bertz CT molecular complexity index is 1380. The summed E-state index contributed by atoms with van der Waals surface area (Å²) >= 11 is 1.67. The van der Waals surface area contributed by atoms with Crippen LogP contribution in [0.25, 0.3) is 10.2 Å². The Labute approximate surface area is 197 Å². The molecule has 8 heteroatoms. The fraction of sp³-hybridized carbons (Fsp3) is 0.400. The Morgan fingerprint density at radius 1 is 1.30 bits per heavy atom. The van der Waals surface area contributed by atoms with Gasteiger partial charge in [-0.05, 0) is 56.4 Å². The second-order valence-corrected chi connectivity index (χ2v) is 9.89. The van der Waals surface area contributed by atoms with Gasteiger partial charge in [-0.1, -0.05) is 12.1 Å². The second-order valence-electron chi connectivity index (χ2n) is 8.81. The third kappa shape index (κ3) is 4.09. The Kier molecular flexibility index (Phi) is 5.80. The molecule has 0 bridgehead atoms. The predicted molar refractivity (Wildman–Crippen MR) is 131 cm³/mol. The van der Waals surface area contributed by atoms with E-state index in [2.05, 4.69) is 29.2 Å². The molecule has 0 saturated carbocycles. The van der Waals surface area contributed by atoms with Crippen molar-refractivity contribution in [3.05, 3.63) is 73.9 Å². The molecule has 172 valence electrons. The highest BCUT2D eigenvalue weighted by molar-refractivity contribution is 7.18. The van der Waals surface area contributed by atoms with Gasteiger partial charge in [0.1, 0.15) is 10.6 Å². The molecule has 0 saturated heterocycles. The van der Waals surface area contributed by atoms with Crippen molar-refractivity contribution in [2.75, 3.05) is 7.11 Å². The molecule has 0 aliphatic heterocycles. The average molecular weight is 464 g/mol. The van der Waals surface area contributed by atoms with E-state index in [1.165, 1.54) is 21.7 Å². The summed E-state index contributed by atoms with van der Waals surface area (Å²) in [6.07, 6.45) is 4.53. The molecule has 1 atom stereocenters. The van der Waals surface area contributed by atoms with Crippen LogP contribution in [0, 0.1) is 13.8 Å². The number of benzene rings is 1. The normalized spacial score (nSPS) is 15.7. The minimum Gasteiger partial charge on any atom is -0.497 e. The summed E-state index contributed by atoms with van der Waals surface area (Å²) in [6, 6.07) is 8.21. The standard InChI is InChI=1S/C25H29N5O2S/c1-15-21(16(2)29(3)28-15)12-26-18-8-9-20-22(11-18)33-24-23(20)25(31)30(14-27-24)13-17-6-5-7-19(10-17)32-4/h5-7,10,14,18,26H,8-9,11-13H2,1-4H3. The zero-order valence-corrected chi connectivity index (χ0v) is 20.3. The third-order valence-corrected chi connectivity index (χ3v) is 7.91. The minimum atomic E-state index is 0.0494. The monoisotopic (exact) mass is 463 g/mol. The number of rotatable bonds is 6. The lowest BCUT2D eigenvalue weighted by Gasteiger charge is -2.23. The number of hydrogen-bond donors (Lipinski definition) is 1. The highest BCUT2D eigenvalue weighted by atomic mass is 32.1. The number of hydrogen-bond acceptors (Lipinski definition) is 6. The summed E-state index contributed by atoms with van der Waals surface area (Å²) in [4.78, 5) is 20.2. The first-order chi connectivity index (χ1) is 15.9. The predicted octanol–water partition coefficient (Wildman–Crippen LogP) is 3.51. The number of aryl methyl sites for hydroxylation is 3. The molecular weight excluding hydrogens is 434 g/mol. The van der Waals surface area contributed by atoms with E-state index < -0.39 is 0 Å². The number of fused-ring (bicyclic) bond motifs is 3. The number of thiophene rings is 1. The summed E-state index contributed by atoms with van der Waals surface area (Å²) in [7, 11) is 3.64. The van der Waals surface area contributed by atoms with Crippen LogP contribution in [0.5, 0.6) is 5.75 Å². The molecule has 1 aliphatic rings. The highest BCUT2D eigenvalue weighted by Gasteiger charge is 2.25. The van der Waals surface area contributed by atoms with Crippen molar-refractivity contribution in [1.29, 1.82) is 0 Å². The van der Waals surface area contributed by atoms with Crippen molar-refractivity contribution in [2.24, 2.45) is 7.05 Å². The average Bonchev–Trinajstić information content (AvgIpc) is 3.30. The van der Waals surface area contributed by atoms with Crippen LogP contribution in [-0.4, -0.2) is 32.5 Å². The van der Waals surface area contributed by atoms with Crippen molar-refractivity contribution in [3.8, 4) is 5.75 Å². The van der Waals surface area contributed by atoms with E-state index in [0.29, 0.717) is 12.6 Å². The van der Waals surface area contributed by atoms with Crippen molar-refractivity contribution in [1.82, 2.24) is 24.6 Å². The van der Waals surface area contributed by atoms with Crippen molar-refractivity contribution < 1.29 is 4.74 Å². The summed E-state index contributed by atoms with van der Waals surface area (Å²) < 4.78 is 8.97. The van der Waals surface area contributed by atoms with Crippen LogP contribution in [0.4, 0.5) is 0 Å². The lowest BCUT2D eigenvalue weighted by molar-refractivity contribution is 0.414. The molecule has 3 aromatic heterocycles. The van der Waals surface area contributed by atoms with Crippen molar-refractivity contribution in [3.63, 3.8) is 0 Å². The number of methoxy groups -OCH3 is 1. The zero-order chi connectivity index (χ0) is 23.1. The first-order valence-electron chi connectivity index (χ1n) is 11.3. The van der Waals surface area contributed by atoms with Crippen LogP contribution in [0.1, 0.15) is 39.4 Å². The second kappa shape index (κ2) is 8.76. The maximum atomic E-state index is 13.4. The van der Waals surface area contributed by atoms with E-state index in [1.54, 1.807) is 29.3 Å². The Morgan fingerprint density at radius 3 is 2.91 bits per heavy atom. The van der Waals surface area contributed by atoms with Gasteiger partial charge in [-0.15, -0.1) is 11.3 Å². The van der Waals surface area contributed by atoms with Gasteiger partial charge in [-0.3, -0.25) is 14.0 Å². The third-order valence-electron chi connectivity index (χ3n) is 6.75. The summed E-state index contributed by atoms with van der Waals surface area (Å²) in [5.74, 6) is 0.790. The quantitative estimate of drug-likeness (QED) is 0.474. The molecule has 3 heterocycles. The first kappa shape index (κ1) is 21.9. The summed E-state index contributed by atoms with van der Waals surface area (Å²) in [6.45, 7) is 5.49. The number of aromatic nitrogens is 4. The largest absolute Gasteiger partial charge is 0.497 e. The van der Waals surface area contributed by atoms with E-state index >= 15 is 0 Å². The van der Waals surface area contributed by atoms with Gasteiger partial charge in [-0.25, -0.2) is 4.98 Å². The van der Waals surface area contributed by atoms with E-state index in [1.807, 2.05) is 36.0 Å². The van der Waals surface area contributed by atoms with E-state index in [4.69, 9.17) is 4.74 Å². The van der Waals surface area contributed by atoms with E-state index in [-0.39, 0.29) is 5.56 Å². The van der Waals surface area contributed by atoms with Crippen LogP contribution in [0.2, 0.25) is 0 Å². The molecule has 0 amide bonds. The fourth-order valence-corrected chi connectivity index (χ4v) is 6.03. The summed E-state index contributed by atoms with van der Waals surface area (Å²) in [5.41, 5.74) is 5.84. The Hall–Kier alpha value is -2.97. The molecule has 0 fully saturated rings. The van der Waals surface area contributed by atoms with E-state index in [9.17, 15) is 4.79 Å². The van der Waals surface area contributed by atoms with Crippen LogP contribution >= 0.6 is 11.3 Å². The van der Waals surface area contributed by atoms with Crippen molar-refractivity contribution >= 4 is 21.6 Å². The molecule has 0 spiro atoms. The van der Waals surface area contributed by atoms with Crippen LogP contribution in [-0.2, 0) is 33.0 Å². The van der Waals surface area contributed by atoms with Crippen molar-refractivity contribution in [2.45, 2.75) is 52.2 Å². The molecular formula is C25H29N5O2S. The van der Waals surface area contributed by atoms with Gasteiger partial charge in [0.05, 0.1) is 31.1 Å². The maximum absolute atomic E-state index is 13.4. The molecule has 1 N–H and O–H groups in total. The van der Waals surface area contributed by atoms with E-state index in [0.717, 1.165) is 53.0 Å². The number of nitrogens with one attached hydrogen (secondary N) is 1. The Morgan fingerprint density at radius 2 is 2.15 bits per heavy atom. The highest BCUT2D eigenvalue weighted by Crippen LogP contribution is 2.34. The van der Waals surface area contributed by atoms with Crippen LogP contribution in [0.15, 0.2) is 35.4 Å². The first-order valence-corrected chi connectivity index (χ1v) is 12.1. The molecule has 0 radical (unpaired) electrons. The summed E-state index contributed by atoms with van der Waals surface area (Å²) in [5, 5.41) is 9.05. The Balaban J connectivity index is 1.36.